The molecule has 2 bridgehead atoms. The molecule has 0 aromatic rings. The van der Waals surface area contributed by atoms with E-state index < -0.39 is 77.8 Å². The summed E-state index contributed by atoms with van der Waals surface area (Å²) in [4.78, 5) is 57.8. The first-order valence-electron chi connectivity index (χ1n) is 20.8. The molecule has 316 valence electrons. The topological polar surface area (TPSA) is 169 Å². The van der Waals surface area contributed by atoms with Crippen LogP contribution >= 0.6 is 0 Å². The van der Waals surface area contributed by atoms with Crippen LogP contribution in [0.1, 0.15) is 112 Å². The second kappa shape index (κ2) is 20.3. The third kappa shape index (κ3) is 10.8. The number of allylic oxidation sites excluding steroid dienone is 4. The molecule has 12 nitrogen and oxygen atoms in total. The lowest BCUT2D eigenvalue weighted by Gasteiger charge is -2.47. The van der Waals surface area contributed by atoms with Crippen molar-refractivity contribution < 1.29 is 53.4 Å². The molecule has 0 unspecified atom stereocenters. The van der Waals surface area contributed by atoms with Crippen molar-refractivity contribution in [3.63, 3.8) is 0 Å². The van der Waals surface area contributed by atoms with E-state index in [0.717, 1.165) is 18.4 Å². The fourth-order valence-electron chi connectivity index (χ4n) is 9.45. The average molecular weight is 788 g/mol. The second-order valence-corrected chi connectivity index (χ2v) is 17.5. The van der Waals surface area contributed by atoms with Crippen molar-refractivity contribution in [1.82, 2.24) is 4.90 Å². The lowest BCUT2D eigenvalue weighted by Crippen LogP contribution is -2.64. The summed E-state index contributed by atoms with van der Waals surface area (Å²) in [5, 5.41) is 34.1. The lowest BCUT2D eigenvalue weighted by molar-refractivity contribution is -0.302. The van der Waals surface area contributed by atoms with Crippen molar-refractivity contribution in [3.05, 3.63) is 36.0 Å². The predicted octanol–water partition coefficient (Wildman–Crippen LogP) is 5.26. The number of piperidine rings is 1. The number of hydrogen-bond acceptors (Lipinski definition) is 11. The molecule has 1 amide bonds. The van der Waals surface area contributed by atoms with Crippen LogP contribution in [0.2, 0.25) is 0 Å². The zero-order chi connectivity index (χ0) is 41.5. The van der Waals surface area contributed by atoms with E-state index in [4.69, 9.17) is 18.9 Å². The molecule has 0 aromatic heterocycles. The van der Waals surface area contributed by atoms with Gasteiger partial charge in [0.05, 0.1) is 24.4 Å². The van der Waals surface area contributed by atoms with E-state index in [1.54, 1.807) is 19.9 Å². The van der Waals surface area contributed by atoms with Crippen LogP contribution in [0, 0.1) is 35.5 Å². The number of amides is 1. The van der Waals surface area contributed by atoms with Gasteiger partial charge in [0.15, 0.2) is 0 Å². The molecule has 56 heavy (non-hydrogen) atoms. The minimum absolute atomic E-state index is 0.0180. The van der Waals surface area contributed by atoms with E-state index in [1.165, 1.54) is 19.1 Å². The van der Waals surface area contributed by atoms with Crippen molar-refractivity contribution in [2.45, 2.75) is 161 Å². The number of ether oxygens (including phenoxy) is 4. The molecule has 4 rings (SSSR count). The van der Waals surface area contributed by atoms with Gasteiger partial charge in [-0.25, -0.2) is 4.79 Å². The van der Waals surface area contributed by atoms with E-state index in [9.17, 15) is 34.5 Å². The minimum Gasteiger partial charge on any atom is -0.456 e. The molecule has 4 aliphatic rings. The van der Waals surface area contributed by atoms with Gasteiger partial charge in [-0.05, 0) is 101 Å². The maximum Gasteiger partial charge on any atom is 0.329 e. The highest BCUT2D eigenvalue weighted by Crippen LogP contribution is 2.39. The first-order chi connectivity index (χ1) is 26.4. The molecular weight excluding hydrogens is 718 g/mol. The van der Waals surface area contributed by atoms with E-state index in [1.807, 2.05) is 39.8 Å². The van der Waals surface area contributed by atoms with Crippen LogP contribution in [0.25, 0.3) is 0 Å². The van der Waals surface area contributed by atoms with Gasteiger partial charge < -0.3 is 39.2 Å². The number of carbonyl (C=O) groups is 4. The first-order valence-corrected chi connectivity index (χ1v) is 20.8. The van der Waals surface area contributed by atoms with Gasteiger partial charge in [0.1, 0.15) is 24.0 Å². The molecule has 3 heterocycles. The third-order valence-corrected chi connectivity index (χ3v) is 12.9. The quantitative estimate of drug-likeness (QED) is 0.183. The molecule has 12 heteroatoms. The number of hydrogen-bond donors (Lipinski definition) is 3. The molecule has 1 aliphatic carbocycles. The number of methoxy groups -OCH3 is 2. The monoisotopic (exact) mass is 787 g/mol. The molecule has 1 saturated carbocycles. The zero-order valence-corrected chi connectivity index (χ0v) is 35.0. The lowest BCUT2D eigenvalue weighted by atomic mass is 9.78. The Kier molecular flexibility index (Phi) is 16.7. The van der Waals surface area contributed by atoms with Crippen molar-refractivity contribution >= 4 is 23.4 Å². The number of fused-ring (bicyclic) bond motifs is 3. The third-order valence-electron chi connectivity index (χ3n) is 12.9. The number of carbonyl (C=O) groups excluding carboxylic acids is 4. The Morgan fingerprint density at radius 2 is 1.64 bits per heavy atom. The number of rotatable bonds is 6. The summed E-state index contributed by atoms with van der Waals surface area (Å²) >= 11 is 0. The van der Waals surface area contributed by atoms with Crippen LogP contribution in [0.4, 0.5) is 0 Å². The van der Waals surface area contributed by atoms with E-state index in [2.05, 4.69) is 6.58 Å². The summed E-state index contributed by atoms with van der Waals surface area (Å²) in [6.07, 6.45) is 6.14. The molecular formula is C44H69NO11. The molecule has 0 aromatic carbocycles. The van der Waals surface area contributed by atoms with Gasteiger partial charge in [-0.15, -0.1) is 6.58 Å². The summed E-state index contributed by atoms with van der Waals surface area (Å²) in [6.45, 7) is 15.2. The molecule has 3 fully saturated rings. The van der Waals surface area contributed by atoms with Gasteiger partial charge in [0, 0.05) is 44.9 Å². The van der Waals surface area contributed by atoms with Crippen molar-refractivity contribution in [2.24, 2.45) is 35.5 Å². The number of Topliss-reactive ketones (excluding diaryl/α,β-unsaturated/α-hetero) is 2. The Morgan fingerprint density at radius 1 is 0.964 bits per heavy atom. The van der Waals surface area contributed by atoms with E-state index in [-0.39, 0.29) is 55.4 Å². The largest absolute Gasteiger partial charge is 0.456 e. The maximum absolute atomic E-state index is 14.3. The number of esters is 1. The van der Waals surface area contributed by atoms with Gasteiger partial charge in [-0.1, -0.05) is 51.5 Å². The van der Waals surface area contributed by atoms with Crippen LogP contribution in [0.3, 0.4) is 0 Å². The number of aliphatic hydroxyl groups is 3. The average Bonchev–Trinajstić information content (AvgIpc) is 3.16. The Balaban J connectivity index is 1.78. The summed E-state index contributed by atoms with van der Waals surface area (Å²) in [7, 11) is 3.06. The molecule has 14 atom stereocenters. The highest BCUT2D eigenvalue weighted by atomic mass is 16.7. The van der Waals surface area contributed by atoms with Gasteiger partial charge >= 0.3 is 5.97 Å². The molecule has 0 radical (unpaired) electrons. The predicted molar refractivity (Wildman–Crippen MR) is 211 cm³/mol. The minimum atomic E-state index is -2.50. The van der Waals surface area contributed by atoms with Crippen LogP contribution in [-0.4, -0.2) is 113 Å². The molecule has 3 aliphatic heterocycles. The summed E-state index contributed by atoms with van der Waals surface area (Å²) in [5.74, 6) is -7.42. The van der Waals surface area contributed by atoms with Crippen LogP contribution in [-0.2, 0) is 38.1 Å². The van der Waals surface area contributed by atoms with Crippen molar-refractivity contribution in [3.8, 4) is 0 Å². The van der Waals surface area contributed by atoms with Gasteiger partial charge in [-0.2, -0.15) is 0 Å². The molecule has 0 spiro atoms. The number of cyclic esters (lactones) is 1. The SMILES string of the molecule is C=CC[C@@H]1/C=C(\C)C[C@H](C)C[C@H](OC)[C@@H]2O[C@@](O)(C(=O)C(=O)N3CCCC[C@H]3C(=O)O[C@H](/C(C)=C/[C@@H]3CC[C@@H](O)[C@H](C)C3)[C@H](C)[C@@H](O)CC1=O)[C@H](C)C[C@@H]2OC. The number of aliphatic hydroxyl groups excluding tert-OH is 2. The normalized spacial score (nSPS) is 41.5. The number of ketones is 2. The second-order valence-electron chi connectivity index (χ2n) is 17.5. The van der Waals surface area contributed by atoms with Crippen LogP contribution in [0.5, 0.6) is 0 Å². The zero-order valence-electron chi connectivity index (χ0n) is 35.0. The first kappa shape index (κ1) is 46.0. The number of nitrogens with zero attached hydrogens (tertiary/aromatic N) is 1. The highest BCUT2D eigenvalue weighted by molar-refractivity contribution is 6.39. The maximum atomic E-state index is 14.3. The smallest absolute Gasteiger partial charge is 0.329 e. The Bertz CT molecular complexity index is 1460. The fourth-order valence-corrected chi connectivity index (χ4v) is 9.45. The van der Waals surface area contributed by atoms with Gasteiger partial charge in [0.25, 0.3) is 11.7 Å². The standard InChI is InChI=1S/C44H69NO11/c1-10-13-32-19-25(2)18-26(3)20-37(53-8)40-38(54-9)23-29(6)44(52,56-40)41(49)42(50)45-17-12-11-14-33(45)43(51)55-39(30(7)35(47)24-36(32)48)28(5)22-31-15-16-34(46)27(4)21-31/h10,19,22,26-27,29-35,37-40,46-47,52H,1,11-18,20-21,23-24H2,2-9H3/b25-19+,28-22+/t26-,27+,29+,30+,31+,32+,33-,34+,35-,37-,38-,39+,40-,44+/m0/s1. The van der Waals surface area contributed by atoms with Crippen LogP contribution in [0.15, 0.2) is 36.0 Å². The Hall–Kier alpha value is -2.74. The van der Waals surface area contributed by atoms with Crippen molar-refractivity contribution in [2.75, 3.05) is 20.8 Å². The van der Waals surface area contributed by atoms with E-state index in [0.29, 0.717) is 44.1 Å². The van der Waals surface area contributed by atoms with Crippen molar-refractivity contribution in [1.29, 1.82) is 0 Å². The van der Waals surface area contributed by atoms with Gasteiger partial charge in [-0.3, -0.25) is 14.4 Å². The van der Waals surface area contributed by atoms with Crippen LogP contribution < -0.4 is 0 Å². The molecule has 3 N–H and O–H groups in total. The van der Waals surface area contributed by atoms with Gasteiger partial charge in [0.2, 0.25) is 5.79 Å². The fraction of sp³-hybridized carbons (Fsp3) is 0.773. The summed E-state index contributed by atoms with van der Waals surface area (Å²) in [5.41, 5.74) is 1.67. The summed E-state index contributed by atoms with van der Waals surface area (Å²) in [6, 6.07) is -1.12. The van der Waals surface area contributed by atoms with E-state index >= 15 is 0 Å². The summed E-state index contributed by atoms with van der Waals surface area (Å²) < 4.78 is 24.2. The highest BCUT2D eigenvalue weighted by Gasteiger charge is 2.56. The Labute approximate surface area is 334 Å². The molecule has 2 saturated heterocycles. The Morgan fingerprint density at radius 3 is 2.29 bits per heavy atom.